The topological polar surface area (TPSA) is 60.2 Å². The normalized spacial score (nSPS) is 33.0. The second kappa shape index (κ2) is 5.10. The largest absolute Gasteiger partial charge is 0.510 e. The molecule has 1 aromatic heterocycles. The molecule has 26 heavy (non-hydrogen) atoms. The SMILES string of the molecule is CC1(C)[C@H]2CC[C@@]1(C)[C@@H](N1CC(O)=C(c3nc4ccccc4s3)C1=N)C2. The summed E-state index contributed by atoms with van der Waals surface area (Å²) in [5.74, 6) is 1.48. The van der Waals surface area contributed by atoms with Gasteiger partial charge in [0.2, 0.25) is 0 Å². The summed E-state index contributed by atoms with van der Waals surface area (Å²) >= 11 is 1.56. The number of para-hydroxylation sites is 1. The highest BCUT2D eigenvalue weighted by molar-refractivity contribution is 7.19. The first-order chi connectivity index (χ1) is 12.3. The zero-order valence-corrected chi connectivity index (χ0v) is 16.4. The van der Waals surface area contributed by atoms with Crippen molar-refractivity contribution in [1.82, 2.24) is 9.88 Å². The molecule has 136 valence electrons. The average Bonchev–Trinajstić information content (AvgIpc) is 3.25. The third-order valence-electron chi connectivity index (χ3n) is 7.76. The van der Waals surface area contributed by atoms with Gasteiger partial charge in [-0.25, -0.2) is 4.98 Å². The molecule has 4 nitrogen and oxygen atoms in total. The fraction of sp³-hybridized carbons (Fsp3) is 0.524. The number of amidine groups is 1. The second-order valence-corrected chi connectivity index (χ2v) is 9.94. The van der Waals surface area contributed by atoms with Gasteiger partial charge in [-0.3, -0.25) is 5.41 Å². The highest BCUT2D eigenvalue weighted by Crippen LogP contribution is 2.67. The van der Waals surface area contributed by atoms with Crippen molar-refractivity contribution in [2.45, 2.75) is 46.1 Å². The van der Waals surface area contributed by atoms with E-state index in [0.717, 1.165) is 27.6 Å². The van der Waals surface area contributed by atoms with Gasteiger partial charge >= 0.3 is 0 Å². The van der Waals surface area contributed by atoms with E-state index in [1.165, 1.54) is 12.8 Å². The first-order valence-corrected chi connectivity index (χ1v) is 10.3. The molecule has 0 saturated heterocycles. The van der Waals surface area contributed by atoms with E-state index in [1.807, 2.05) is 24.3 Å². The maximum absolute atomic E-state index is 10.7. The van der Waals surface area contributed by atoms with Crippen LogP contribution >= 0.6 is 11.3 Å². The number of thiazole rings is 1. The lowest BCUT2D eigenvalue weighted by Crippen LogP contribution is -2.48. The maximum Gasteiger partial charge on any atom is 0.135 e. The van der Waals surface area contributed by atoms with Crippen LogP contribution in [0.4, 0.5) is 0 Å². The van der Waals surface area contributed by atoms with Crippen LogP contribution in [-0.4, -0.2) is 33.4 Å². The van der Waals surface area contributed by atoms with Gasteiger partial charge in [-0.05, 0) is 48.1 Å². The zero-order chi connectivity index (χ0) is 18.3. The van der Waals surface area contributed by atoms with Crippen molar-refractivity contribution in [2.75, 3.05) is 6.54 Å². The zero-order valence-electron chi connectivity index (χ0n) is 15.5. The maximum atomic E-state index is 10.7. The Morgan fingerprint density at radius 3 is 2.69 bits per heavy atom. The molecule has 1 aromatic carbocycles. The van der Waals surface area contributed by atoms with Crippen molar-refractivity contribution in [3.05, 3.63) is 35.0 Å². The minimum absolute atomic E-state index is 0.202. The first-order valence-electron chi connectivity index (χ1n) is 9.46. The summed E-state index contributed by atoms with van der Waals surface area (Å²) in [7, 11) is 0. The lowest BCUT2D eigenvalue weighted by molar-refractivity contribution is 0.0817. The van der Waals surface area contributed by atoms with Crippen molar-refractivity contribution in [2.24, 2.45) is 16.7 Å². The fourth-order valence-electron chi connectivity index (χ4n) is 5.70. The molecule has 3 aliphatic rings. The molecule has 2 bridgehead atoms. The molecule has 0 unspecified atom stereocenters. The van der Waals surface area contributed by atoms with Crippen LogP contribution in [0.5, 0.6) is 0 Å². The number of aliphatic hydroxyl groups is 1. The predicted octanol–water partition coefficient (Wildman–Crippen LogP) is 5.07. The summed E-state index contributed by atoms with van der Waals surface area (Å²) in [4.78, 5) is 6.83. The first kappa shape index (κ1) is 16.3. The van der Waals surface area contributed by atoms with Crippen molar-refractivity contribution in [1.29, 1.82) is 5.41 Å². The summed E-state index contributed by atoms with van der Waals surface area (Å²) < 4.78 is 1.10. The standard InChI is InChI=1S/C21H25N3OS/c1-20(2)12-8-9-21(20,3)16(10-12)24-11-14(25)17(18(24)22)19-23-13-6-4-5-7-15(13)26-19/h4-7,12,16,22,25H,8-11H2,1-3H3/t12-,16-,21-/m0/s1. The molecule has 2 fully saturated rings. The Morgan fingerprint density at radius 2 is 2.04 bits per heavy atom. The van der Waals surface area contributed by atoms with Gasteiger partial charge in [0.15, 0.2) is 0 Å². The summed E-state index contributed by atoms with van der Waals surface area (Å²) in [6.45, 7) is 7.63. The van der Waals surface area contributed by atoms with Crippen LogP contribution < -0.4 is 0 Å². The Morgan fingerprint density at radius 1 is 1.27 bits per heavy atom. The molecule has 3 atom stereocenters. The van der Waals surface area contributed by atoms with Gasteiger partial charge in [-0.2, -0.15) is 0 Å². The van der Waals surface area contributed by atoms with Crippen LogP contribution in [0.25, 0.3) is 15.8 Å². The van der Waals surface area contributed by atoms with E-state index in [0.29, 0.717) is 35.2 Å². The number of aromatic nitrogens is 1. The predicted molar refractivity (Wildman–Crippen MR) is 107 cm³/mol. The number of rotatable bonds is 2. The van der Waals surface area contributed by atoms with Crippen LogP contribution in [0.15, 0.2) is 30.0 Å². The number of aliphatic hydroxyl groups excluding tert-OH is 1. The van der Waals surface area contributed by atoms with E-state index < -0.39 is 0 Å². The molecule has 2 aliphatic carbocycles. The minimum atomic E-state index is 0.202. The van der Waals surface area contributed by atoms with Gasteiger partial charge in [0.25, 0.3) is 0 Å². The Balaban J connectivity index is 1.50. The van der Waals surface area contributed by atoms with E-state index >= 15 is 0 Å². The fourth-order valence-corrected chi connectivity index (χ4v) is 6.74. The Hall–Kier alpha value is -1.88. The monoisotopic (exact) mass is 367 g/mol. The number of benzene rings is 1. The lowest BCUT2D eigenvalue weighted by Gasteiger charge is -2.44. The highest BCUT2D eigenvalue weighted by Gasteiger charge is 2.63. The Kier molecular flexibility index (Phi) is 3.20. The van der Waals surface area contributed by atoms with E-state index in [-0.39, 0.29) is 5.41 Å². The molecule has 2 saturated carbocycles. The van der Waals surface area contributed by atoms with Crippen molar-refractivity contribution < 1.29 is 5.11 Å². The minimum Gasteiger partial charge on any atom is -0.510 e. The summed E-state index contributed by atoms with van der Waals surface area (Å²) in [5, 5.41) is 20.3. The smallest absolute Gasteiger partial charge is 0.135 e. The molecule has 0 spiro atoms. The van der Waals surface area contributed by atoms with Crippen molar-refractivity contribution in [3.63, 3.8) is 0 Å². The van der Waals surface area contributed by atoms with Gasteiger partial charge in [0.1, 0.15) is 16.6 Å². The summed E-state index contributed by atoms with van der Waals surface area (Å²) in [6, 6.07) is 8.35. The van der Waals surface area contributed by atoms with E-state index in [2.05, 4.69) is 30.7 Å². The molecule has 5 rings (SSSR count). The Labute approximate surface area is 158 Å². The van der Waals surface area contributed by atoms with Crippen LogP contribution in [0.2, 0.25) is 0 Å². The van der Waals surface area contributed by atoms with E-state index in [1.54, 1.807) is 11.3 Å². The lowest BCUT2D eigenvalue weighted by atomic mass is 9.69. The molecule has 2 aromatic rings. The van der Waals surface area contributed by atoms with Gasteiger partial charge in [-0.1, -0.05) is 32.9 Å². The average molecular weight is 368 g/mol. The molecular formula is C21H25N3OS. The second-order valence-electron chi connectivity index (χ2n) is 8.91. The van der Waals surface area contributed by atoms with E-state index in [9.17, 15) is 5.11 Å². The van der Waals surface area contributed by atoms with Gasteiger partial charge in [-0.15, -0.1) is 11.3 Å². The number of nitrogens with one attached hydrogen (secondary N) is 1. The van der Waals surface area contributed by atoms with Crippen LogP contribution in [-0.2, 0) is 0 Å². The molecular weight excluding hydrogens is 342 g/mol. The number of hydrogen-bond acceptors (Lipinski definition) is 4. The number of nitrogens with zero attached hydrogens (tertiary/aromatic N) is 2. The third kappa shape index (κ3) is 1.90. The van der Waals surface area contributed by atoms with Gasteiger partial charge in [0, 0.05) is 6.04 Å². The van der Waals surface area contributed by atoms with Crippen LogP contribution in [0, 0.1) is 22.2 Å². The van der Waals surface area contributed by atoms with Crippen molar-refractivity contribution in [3.8, 4) is 0 Å². The van der Waals surface area contributed by atoms with E-state index in [4.69, 9.17) is 5.41 Å². The summed E-state index contributed by atoms with van der Waals surface area (Å²) in [6.07, 6.45) is 3.65. The Bertz CT molecular complexity index is 926. The third-order valence-corrected chi connectivity index (χ3v) is 8.82. The molecule has 1 aliphatic heterocycles. The van der Waals surface area contributed by atoms with Gasteiger partial charge in [0.05, 0.1) is 22.3 Å². The number of hydrogen-bond donors (Lipinski definition) is 2. The van der Waals surface area contributed by atoms with Crippen LogP contribution in [0.3, 0.4) is 0 Å². The molecule has 5 heteroatoms. The quantitative estimate of drug-likeness (QED) is 0.779. The highest BCUT2D eigenvalue weighted by atomic mass is 32.1. The molecule has 0 amide bonds. The number of fused-ring (bicyclic) bond motifs is 3. The molecule has 2 N–H and O–H groups in total. The molecule has 2 heterocycles. The summed E-state index contributed by atoms with van der Waals surface area (Å²) in [5.41, 5.74) is 2.07. The molecule has 0 radical (unpaired) electrons. The van der Waals surface area contributed by atoms with Crippen LogP contribution in [0.1, 0.15) is 45.0 Å². The van der Waals surface area contributed by atoms with Crippen molar-refractivity contribution >= 4 is 33.0 Å². The van der Waals surface area contributed by atoms with Gasteiger partial charge < -0.3 is 10.0 Å².